The SMILES string of the molecule is CCNC(=NCc1cn2c(C)cccc2n1)NC1CC1C. The molecule has 0 spiro atoms. The fourth-order valence-corrected chi connectivity index (χ4v) is 2.45. The summed E-state index contributed by atoms with van der Waals surface area (Å²) in [7, 11) is 0. The number of nitrogens with one attached hydrogen (secondary N) is 2. The maximum absolute atomic E-state index is 4.64. The second-order valence-corrected chi connectivity index (χ2v) is 5.79. The van der Waals surface area contributed by atoms with Gasteiger partial charge in [0.1, 0.15) is 5.65 Å². The topological polar surface area (TPSA) is 53.7 Å². The van der Waals surface area contributed by atoms with Gasteiger partial charge in [0.25, 0.3) is 0 Å². The van der Waals surface area contributed by atoms with Crippen LogP contribution in [0.25, 0.3) is 5.65 Å². The number of guanidine groups is 1. The largest absolute Gasteiger partial charge is 0.357 e. The third kappa shape index (κ3) is 3.17. The van der Waals surface area contributed by atoms with E-state index in [1.807, 2.05) is 12.1 Å². The molecule has 1 aliphatic carbocycles. The van der Waals surface area contributed by atoms with E-state index in [0.717, 1.165) is 29.8 Å². The summed E-state index contributed by atoms with van der Waals surface area (Å²) in [6.07, 6.45) is 3.30. The Morgan fingerprint density at radius 1 is 1.48 bits per heavy atom. The first-order valence-corrected chi connectivity index (χ1v) is 7.66. The first-order chi connectivity index (χ1) is 10.2. The highest BCUT2D eigenvalue weighted by Crippen LogP contribution is 2.28. The molecule has 1 saturated carbocycles. The van der Waals surface area contributed by atoms with Crippen LogP contribution in [0.5, 0.6) is 0 Å². The maximum Gasteiger partial charge on any atom is 0.191 e. The molecule has 2 atom stereocenters. The van der Waals surface area contributed by atoms with E-state index in [4.69, 9.17) is 0 Å². The van der Waals surface area contributed by atoms with Crippen LogP contribution in [0.2, 0.25) is 0 Å². The minimum absolute atomic E-state index is 0.575. The quantitative estimate of drug-likeness (QED) is 0.668. The molecule has 3 rings (SSSR count). The summed E-state index contributed by atoms with van der Waals surface area (Å²) in [5.41, 5.74) is 3.16. The van der Waals surface area contributed by atoms with E-state index < -0.39 is 0 Å². The van der Waals surface area contributed by atoms with E-state index in [1.54, 1.807) is 0 Å². The standard InChI is InChI=1S/C16H23N5/c1-4-17-16(20-14-8-11(14)2)18-9-13-10-21-12(3)6-5-7-15(21)19-13/h5-7,10-11,14H,4,8-9H2,1-3H3,(H2,17,18,20). The minimum atomic E-state index is 0.575. The molecule has 112 valence electrons. The number of nitrogens with zero attached hydrogens (tertiary/aromatic N) is 3. The molecule has 5 heteroatoms. The monoisotopic (exact) mass is 285 g/mol. The second-order valence-electron chi connectivity index (χ2n) is 5.79. The molecule has 1 aliphatic rings. The van der Waals surface area contributed by atoms with E-state index in [0.29, 0.717) is 12.6 Å². The van der Waals surface area contributed by atoms with Crippen LogP contribution in [0.4, 0.5) is 0 Å². The smallest absolute Gasteiger partial charge is 0.191 e. The Labute approximate surface area is 125 Å². The van der Waals surface area contributed by atoms with Gasteiger partial charge in [0.15, 0.2) is 5.96 Å². The maximum atomic E-state index is 4.64. The average Bonchev–Trinajstić information content (AvgIpc) is 2.99. The van der Waals surface area contributed by atoms with Gasteiger partial charge in [-0.1, -0.05) is 13.0 Å². The van der Waals surface area contributed by atoms with Gasteiger partial charge in [-0.25, -0.2) is 9.98 Å². The van der Waals surface area contributed by atoms with Crippen molar-refractivity contribution in [2.24, 2.45) is 10.9 Å². The first-order valence-electron chi connectivity index (χ1n) is 7.66. The van der Waals surface area contributed by atoms with Crippen LogP contribution in [0.1, 0.15) is 31.7 Å². The van der Waals surface area contributed by atoms with Crippen molar-refractivity contribution >= 4 is 11.6 Å². The minimum Gasteiger partial charge on any atom is -0.357 e. The summed E-state index contributed by atoms with van der Waals surface area (Å²) < 4.78 is 2.11. The van der Waals surface area contributed by atoms with Crippen LogP contribution in [0, 0.1) is 12.8 Å². The van der Waals surface area contributed by atoms with Gasteiger partial charge in [0.2, 0.25) is 0 Å². The van der Waals surface area contributed by atoms with Crippen LogP contribution >= 0.6 is 0 Å². The van der Waals surface area contributed by atoms with E-state index in [9.17, 15) is 0 Å². The lowest BCUT2D eigenvalue weighted by atomic mass is 10.4. The summed E-state index contributed by atoms with van der Waals surface area (Å²) in [5, 5.41) is 6.76. The lowest BCUT2D eigenvalue weighted by Crippen LogP contribution is -2.39. The van der Waals surface area contributed by atoms with E-state index in [2.05, 4.69) is 58.0 Å². The van der Waals surface area contributed by atoms with Crippen LogP contribution < -0.4 is 10.6 Å². The lowest BCUT2D eigenvalue weighted by molar-refractivity contribution is 0.765. The van der Waals surface area contributed by atoms with Crippen molar-refractivity contribution in [2.75, 3.05) is 6.54 Å². The molecule has 2 aromatic rings. The third-order valence-electron chi connectivity index (χ3n) is 3.92. The van der Waals surface area contributed by atoms with Gasteiger partial charge in [-0.15, -0.1) is 0 Å². The molecule has 0 saturated heterocycles. The van der Waals surface area contributed by atoms with Gasteiger partial charge < -0.3 is 15.0 Å². The van der Waals surface area contributed by atoms with Gasteiger partial charge in [-0.05, 0) is 38.3 Å². The molecule has 0 radical (unpaired) electrons. The normalized spacial score (nSPS) is 21.6. The summed E-state index contributed by atoms with van der Waals surface area (Å²) in [6, 6.07) is 6.72. The number of hydrogen-bond donors (Lipinski definition) is 2. The van der Waals surface area contributed by atoms with Crippen LogP contribution in [-0.4, -0.2) is 27.9 Å². The molecule has 0 amide bonds. The highest BCUT2D eigenvalue weighted by Gasteiger charge is 2.33. The van der Waals surface area contributed by atoms with Crippen molar-refractivity contribution in [1.82, 2.24) is 20.0 Å². The first kappa shape index (κ1) is 13.9. The Bertz CT molecular complexity index is 658. The zero-order valence-electron chi connectivity index (χ0n) is 12.9. The number of pyridine rings is 1. The fraction of sp³-hybridized carbons (Fsp3) is 0.500. The summed E-state index contributed by atoms with van der Waals surface area (Å²) in [4.78, 5) is 9.26. The highest BCUT2D eigenvalue weighted by molar-refractivity contribution is 5.80. The van der Waals surface area contributed by atoms with Crippen LogP contribution in [-0.2, 0) is 6.54 Å². The van der Waals surface area contributed by atoms with E-state index in [1.165, 1.54) is 12.1 Å². The summed E-state index contributed by atoms with van der Waals surface area (Å²) >= 11 is 0. The molecule has 2 aromatic heterocycles. The van der Waals surface area contributed by atoms with Crippen molar-refractivity contribution in [3.05, 3.63) is 35.8 Å². The predicted molar refractivity (Wildman–Crippen MR) is 85.4 cm³/mol. The zero-order valence-corrected chi connectivity index (χ0v) is 12.9. The van der Waals surface area contributed by atoms with E-state index >= 15 is 0 Å². The molecule has 0 aliphatic heterocycles. The van der Waals surface area contributed by atoms with Crippen molar-refractivity contribution in [3.63, 3.8) is 0 Å². The Balaban J connectivity index is 1.73. The number of rotatable bonds is 4. The highest BCUT2D eigenvalue weighted by atomic mass is 15.2. The molecule has 0 aromatic carbocycles. The number of hydrogen-bond acceptors (Lipinski definition) is 2. The Hall–Kier alpha value is -2.04. The van der Waals surface area contributed by atoms with Crippen molar-refractivity contribution in [3.8, 4) is 0 Å². The van der Waals surface area contributed by atoms with Crippen molar-refractivity contribution in [1.29, 1.82) is 0 Å². The number of aryl methyl sites for hydroxylation is 1. The third-order valence-corrected chi connectivity index (χ3v) is 3.92. The summed E-state index contributed by atoms with van der Waals surface area (Å²) in [6.45, 7) is 7.89. The molecular weight excluding hydrogens is 262 g/mol. The Morgan fingerprint density at radius 3 is 2.95 bits per heavy atom. The molecule has 2 N–H and O–H groups in total. The number of imidazole rings is 1. The van der Waals surface area contributed by atoms with E-state index in [-0.39, 0.29) is 0 Å². The molecule has 2 heterocycles. The summed E-state index contributed by atoms with van der Waals surface area (Å²) in [5.74, 6) is 1.65. The molecule has 21 heavy (non-hydrogen) atoms. The predicted octanol–water partition coefficient (Wildman–Crippen LogP) is 2.11. The number of fused-ring (bicyclic) bond motifs is 1. The molecular formula is C16H23N5. The molecule has 0 bridgehead atoms. The Morgan fingerprint density at radius 2 is 2.29 bits per heavy atom. The van der Waals surface area contributed by atoms with Gasteiger partial charge in [-0.2, -0.15) is 0 Å². The fourth-order valence-electron chi connectivity index (χ4n) is 2.45. The van der Waals surface area contributed by atoms with Gasteiger partial charge in [0, 0.05) is 24.5 Å². The van der Waals surface area contributed by atoms with Gasteiger partial charge >= 0.3 is 0 Å². The van der Waals surface area contributed by atoms with Crippen LogP contribution in [0.15, 0.2) is 29.4 Å². The number of aliphatic imine (C=N–C) groups is 1. The lowest BCUT2D eigenvalue weighted by Gasteiger charge is -2.10. The van der Waals surface area contributed by atoms with Gasteiger partial charge in [-0.3, -0.25) is 0 Å². The number of aromatic nitrogens is 2. The second kappa shape index (κ2) is 5.76. The molecule has 1 fully saturated rings. The molecule has 2 unspecified atom stereocenters. The average molecular weight is 285 g/mol. The van der Waals surface area contributed by atoms with Crippen molar-refractivity contribution in [2.45, 2.75) is 39.8 Å². The van der Waals surface area contributed by atoms with Gasteiger partial charge in [0.05, 0.1) is 12.2 Å². The zero-order chi connectivity index (χ0) is 14.8. The molecule has 5 nitrogen and oxygen atoms in total. The van der Waals surface area contributed by atoms with Crippen molar-refractivity contribution < 1.29 is 0 Å². The van der Waals surface area contributed by atoms with Crippen LogP contribution in [0.3, 0.4) is 0 Å². The Kier molecular flexibility index (Phi) is 3.82.